The second-order valence-corrected chi connectivity index (χ2v) is 5.09. The summed E-state index contributed by atoms with van der Waals surface area (Å²) in [5.74, 6) is -1.35. The van der Waals surface area contributed by atoms with Gasteiger partial charge in [-0.3, -0.25) is 14.4 Å². The van der Waals surface area contributed by atoms with E-state index in [1.807, 2.05) is 6.07 Å². The minimum Gasteiger partial charge on any atom is -0.360 e. The van der Waals surface area contributed by atoms with Crippen molar-refractivity contribution in [2.75, 3.05) is 13.1 Å². The summed E-state index contributed by atoms with van der Waals surface area (Å²) in [7, 11) is 0. The summed E-state index contributed by atoms with van der Waals surface area (Å²) in [5, 5.41) is 13.9. The molecule has 0 fully saturated rings. The third kappa shape index (κ3) is 3.95. The van der Waals surface area contributed by atoms with Crippen molar-refractivity contribution in [1.29, 1.82) is 5.26 Å². The Morgan fingerprint density at radius 2 is 2.04 bits per heavy atom. The maximum atomic E-state index is 12.3. The quantitative estimate of drug-likeness (QED) is 0.747. The highest BCUT2D eigenvalue weighted by atomic mass is 16.2. The maximum absolute atomic E-state index is 12.3. The normalized spacial score (nSPS) is 11.5. The second-order valence-electron chi connectivity index (χ2n) is 5.09. The van der Waals surface area contributed by atoms with Crippen LogP contribution in [0.5, 0.6) is 0 Å². The van der Waals surface area contributed by atoms with Gasteiger partial charge in [-0.1, -0.05) is 12.1 Å². The molecular formula is C16H16N4O3. The van der Waals surface area contributed by atoms with E-state index in [9.17, 15) is 14.4 Å². The lowest BCUT2D eigenvalue weighted by Gasteiger charge is -2.08. The zero-order chi connectivity index (χ0) is 16.8. The van der Waals surface area contributed by atoms with Crippen molar-refractivity contribution in [2.24, 2.45) is 5.92 Å². The molecule has 0 saturated heterocycles. The number of fused-ring (bicyclic) bond motifs is 1. The van der Waals surface area contributed by atoms with Crippen LogP contribution in [-0.4, -0.2) is 29.9 Å². The Labute approximate surface area is 132 Å². The van der Waals surface area contributed by atoms with Crippen LogP contribution in [-0.2, 0) is 4.79 Å². The fraction of sp³-hybridized carbons (Fsp3) is 0.250. The third-order valence-electron chi connectivity index (χ3n) is 3.27. The lowest BCUT2D eigenvalue weighted by atomic mass is 10.1. The summed E-state index contributed by atoms with van der Waals surface area (Å²) in [5.41, 5.74) is 0.189. The van der Waals surface area contributed by atoms with E-state index < -0.39 is 17.2 Å². The van der Waals surface area contributed by atoms with Gasteiger partial charge in [0, 0.05) is 23.6 Å². The number of carbonyl (C=O) groups is 2. The summed E-state index contributed by atoms with van der Waals surface area (Å²) >= 11 is 0. The molecule has 0 aliphatic carbocycles. The highest BCUT2D eigenvalue weighted by Crippen LogP contribution is 2.06. The van der Waals surface area contributed by atoms with Gasteiger partial charge in [-0.15, -0.1) is 0 Å². The van der Waals surface area contributed by atoms with Gasteiger partial charge in [-0.05, 0) is 19.1 Å². The standard InChI is InChI=1S/C16H16N4O3/c1-10(6-17)7-19-14(21)9-20-16(23)12-8-18-13-5-3-2-4-11(13)15(12)22/h2-5,8,10H,7,9H2,1H3,(H,18,22)(H,19,21)(H,20,23). The molecule has 0 aliphatic heterocycles. The smallest absolute Gasteiger partial charge is 0.257 e. The second kappa shape index (κ2) is 7.22. The van der Waals surface area contributed by atoms with Crippen LogP contribution in [0.3, 0.4) is 0 Å². The Morgan fingerprint density at radius 1 is 1.30 bits per heavy atom. The van der Waals surface area contributed by atoms with E-state index in [-0.39, 0.29) is 24.6 Å². The summed E-state index contributed by atoms with van der Waals surface area (Å²) in [4.78, 5) is 38.7. The van der Waals surface area contributed by atoms with Crippen LogP contribution in [0.4, 0.5) is 0 Å². The minimum atomic E-state index is -0.625. The van der Waals surface area contributed by atoms with Crippen LogP contribution in [0.1, 0.15) is 17.3 Å². The zero-order valence-electron chi connectivity index (χ0n) is 12.6. The highest BCUT2D eigenvalue weighted by molar-refractivity contribution is 5.98. The number of rotatable bonds is 5. The fourth-order valence-electron chi connectivity index (χ4n) is 1.97. The maximum Gasteiger partial charge on any atom is 0.257 e. The van der Waals surface area contributed by atoms with Crippen molar-refractivity contribution in [3.63, 3.8) is 0 Å². The average Bonchev–Trinajstić information content (AvgIpc) is 2.58. The Hall–Kier alpha value is -3.14. The van der Waals surface area contributed by atoms with E-state index >= 15 is 0 Å². The number of hydrogen-bond donors (Lipinski definition) is 3. The highest BCUT2D eigenvalue weighted by Gasteiger charge is 2.14. The fourth-order valence-corrected chi connectivity index (χ4v) is 1.97. The number of hydrogen-bond acceptors (Lipinski definition) is 4. The molecule has 0 aliphatic rings. The molecule has 1 heterocycles. The molecule has 2 amide bonds. The van der Waals surface area contributed by atoms with E-state index in [1.165, 1.54) is 6.20 Å². The van der Waals surface area contributed by atoms with Crippen LogP contribution >= 0.6 is 0 Å². The van der Waals surface area contributed by atoms with Gasteiger partial charge in [-0.25, -0.2) is 0 Å². The van der Waals surface area contributed by atoms with Crippen molar-refractivity contribution in [3.05, 3.63) is 46.2 Å². The molecule has 2 aromatic rings. The minimum absolute atomic E-state index is 0.0538. The predicted molar refractivity (Wildman–Crippen MR) is 84.7 cm³/mol. The van der Waals surface area contributed by atoms with Gasteiger partial charge in [0.1, 0.15) is 5.56 Å². The van der Waals surface area contributed by atoms with Gasteiger partial charge in [0.25, 0.3) is 5.91 Å². The number of para-hydroxylation sites is 1. The van der Waals surface area contributed by atoms with Crippen LogP contribution in [0.2, 0.25) is 0 Å². The molecular weight excluding hydrogens is 296 g/mol. The average molecular weight is 312 g/mol. The number of aromatic nitrogens is 1. The Kier molecular flexibility index (Phi) is 5.10. The number of benzene rings is 1. The van der Waals surface area contributed by atoms with Crippen molar-refractivity contribution in [2.45, 2.75) is 6.92 Å². The first-order chi connectivity index (χ1) is 11.0. The Bertz CT molecular complexity index is 835. The van der Waals surface area contributed by atoms with Crippen LogP contribution in [0, 0.1) is 17.2 Å². The van der Waals surface area contributed by atoms with E-state index in [0.717, 1.165) is 0 Å². The molecule has 7 nitrogen and oxygen atoms in total. The predicted octanol–water partition coefficient (Wildman–Crippen LogP) is 0.534. The van der Waals surface area contributed by atoms with Crippen LogP contribution in [0.25, 0.3) is 10.9 Å². The molecule has 0 spiro atoms. The van der Waals surface area contributed by atoms with E-state index in [1.54, 1.807) is 31.2 Å². The van der Waals surface area contributed by atoms with Crippen LogP contribution < -0.4 is 16.1 Å². The zero-order valence-corrected chi connectivity index (χ0v) is 12.6. The number of nitriles is 1. The molecule has 1 aromatic carbocycles. The number of nitrogens with zero attached hydrogens (tertiary/aromatic N) is 1. The van der Waals surface area contributed by atoms with Crippen LogP contribution in [0.15, 0.2) is 35.3 Å². The van der Waals surface area contributed by atoms with Gasteiger partial charge in [0.05, 0.1) is 18.5 Å². The number of nitrogens with one attached hydrogen (secondary N) is 3. The van der Waals surface area contributed by atoms with Gasteiger partial charge in [0.15, 0.2) is 0 Å². The van der Waals surface area contributed by atoms with E-state index in [2.05, 4.69) is 15.6 Å². The Morgan fingerprint density at radius 3 is 2.78 bits per heavy atom. The molecule has 0 radical (unpaired) electrons. The molecule has 1 unspecified atom stereocenters. The monoisotopic (exact) mass is 312 g/mol. The third-order valence-corrected chi connectivity index (χ3v) is 3.27. The number of amides is 2. The number of H-pyrrole nitrogens is 1. The molecule has 1 aromatic heterocycles. The lowest BCUT2D eigenvalue weighted by Crippen LogP contribution is -2.39. The topological polar surface area (TPSA) is 115 Å². The van der Waals surface area contributed by atoms with Gasteiger partial charge >= 0.3 is 0 Å². The number of pyridine rings is 1. The molecule has 2 rings (SSSR count). The summed E-state index contributed by atoms with van der Waals surface area (Å²) < 4.78 is 0. The lowest BCUT2D eigenvalue weighted by molar-refractivity contribution is -0.120. The first-order valence-electron chi connectivity index (χ1n) is 7.08. The van der Waals surface area contributed by atoms with E-state index in [0.29, 0.717) is 10.9 Å². The van der Waals surface area contributed by atoms with Crippen molar-refractivity contribution in [1.82, 2.24) is 15.6 Å². The summed E-state index contributed by atoms with van der Waals surface area (Å²) in [6.07, 6.45) is 1.33. The molecule has 3 N–H and O–H groups in total. The van der Waals surface area contributed by atoms with Gasteiger partial charge in [-0.2, -0.15) is 5.26 Å². The molecule has 7 heteroatoms. The van der Waals surface area contributed by atoms with Crippen molar-refractivity contribution < 1.29 is 9.59 Å². The molecule has 118 valence electrons. The van der Waals surface area contributed by atoms with E-state index in [4.69, 9.17) is 5.26 Å². The Balaban J connectivity index is 2.02. The number of aromatic amines is 1. The molecule has 23 heavy (non-hydrogen) atoms. The summed E-state index contributed by atoms with van der Waals surface area (Å²) in [6.45, 7) is 1.62. The van der Waals surface area contributed by atoms with Crippen molar-refractivity contribution in [3.8, 4) is 6.07 Å². The number of carbonyl (C=O) groups excluding carboxylic acids is 2. The first kappa shape index (κ1) is 16.2. The molecule has 1 atom stereocenters. The largest absolute Gasteiger partial charge is 0.360 e. The molecule has 0 saturated carbocycles. The molecule has 0 bridgehead atoms. The van der Waals surface area contributed by atoms with Gasteiger partial charge < -0.3 is 15.6 Å². The van der Waals surface area contributed by atoms with Gasteiger partial charge in [0.2, 0.25) is 11.3 Å². The SMILES string of the molecule is CC(C#N)CNC(=O)CNC(=O)c1c[nH]c2ccccc2c1=O. The summed E-state index contributed by atoms with van der Waals surface area (Å²) in [6, 6.07) is 8.85. The first-order valence-corrected chi connectivity index (χ1v) is 7.08. The van der Waals surface area contributed by atoms with Crippen molar-refractivity contribution >= 4 is 22.7 Å².